The molecule has 7 nitrogen and oxygen atoms in total. The van der Waals surface area contributed by atoms with Gasteiger partial charge in [0.15, 0.2) is 0 Å². The molecule has 0 saturated heterocycles. The van der Waals surface area contributed by atoms with Crippen LogP contribution in [0.3, 0.4) is 0 Å². The van der Waals surface area contributed by atoms with Crippen molar-refractivity contribution < 1.29 is 24.5 Å². The van der Waals surface area contributed by atoms with Crippen LogP contribution in [0.1, 0.15) is 17.3 Å². The number of nitrogens with zero attached hydrogens (tertiary/aromatic N) is 1. The van der Waals surface area contributed by atoms with Gasteiger partial charge in [0, 0.05) is 37.1 Å². The molecule has 0 bridgehead atoms. The highest BCUT2D eigenvalue weighted by atomic mass is 16.5. The summed E-state index contributed by atoms with van der Waals surface area (Å²) in [5, 5.41) is 19.2. The van der Waals surface area contributed by atoms with Crippen LogP contribution in [-0.4, -0.2) is 40.4 Å². The molecule has 1 atom stereocenters. The Balaban J connectivity index is 0.000000242. The maximum absolute atomic E-state index is 9.55. The van der Waals surface area contributed by atoms with Crippen LogP contribution in [0, 0.1) is 0 Å². The summed E-state index contributed by atoms with van der Waals surface area (Å²) in [5.74, 6) is -1.61. The van der Waals surface area contributed by atoms with Gasteiger partial charge in [-0.2, -0.15) is 0 Å². The first kappa shape index (κ1) is 18.3. The molecule has 0 amide bonds. The second-order valence-corrected chi connectivity index (χ2v) is 5.30. The van der Waals surface area contributed by atoms with Crippen molar-refractivity contribution in [2.24, 2.45) is 0 Å². The van der Waals surface area contributed by atoms with Gasteiger partial charge in [0.25, 0.3) is 0 Å². The highest BCUT2D eigenvalue weighted by Gasteiger charge is 2.20. The van der Waals surface area contributed by atoms with Crippen LogP contribution in [-0.2, 0) is 16.1 Å². The van der Waals surface area contributed by atoms with E-state index in [1.807, 2.05) is 12.1 Å². The first-order valence-corrected chi connectivity index (χ1v) is 7.67. The van der Waals surface area contributed by atoms with Crippen molar-refractivity contribution in [2.75, 3.05) is 13.7 Å². The smallest absolute Gasteiger partial charge is 0.328 e. The molecule has 0 saturated carbocycles. The lowest BCUT2D eigenvalue weighted by molar-refractivity contribution is -0.134. The molecule has 1 aromatic heterocycles. The Labute approximate surface area is 145 Å². The van der Waals surface area contributed by atoms with Crippen molar-refractivity contribution >= 4 is 11.9 Å². The highest BCUT2D eigenvalue weighted by Crippen LogP contribution is 2.26. The molecule has 2 aromatic rings. The zero-order valence-corrected chi connectivity index (χ0v) is 13.8. The highest BCUT2D eigenvalue weighted by molar-refractivity contribution is 5.89. The number of hydrogen-bond donors (Lipinski definition) is 3. The molecule has 1 unspecified atom stereocenters. The van der Waals surface area contributed by atoms with Gasteiger partial charge >= 0.3 is 11.9 Å². The number of carboxylic acids is 2. The number of aromatic nitrogens is 1. The first-order chi connectivity index (χ1) is 12.0. The molecule has 0 aliphatic carbocycles. The maximum Gasteiger partial charge on any atom is 0.328 e. The molecule has 132 valence electrons. The van der Waals surface area contributed by atoms with Crippen molar-refractivity contribution in [3.63, 3.8) is 0 Å². The average Bonchev–Trinajstić information content (AvgIpc) is 3.09. The van der Waals surface area contributed by atoms with Crippen LogP contribution in [0.4, 0.5) is 0 Å². The van der Waals surface area contributed by atoms with Crippen molar-refractivity contribution in [1.82, 2.24) is 9.88 Å². The van der Waals surface area contributed by atoms with E-state index >= 15 is 0 Å². The lowest BCUT2D eigenvalue weighted by Gasteiger charge is -2.26. The Morgan fingerprint density at radius 2 is 1.80 bits per heavy atom. The molecule has 1 aromatic carbocycles. The van der Waals surface area contributed by atoms with Gasteiger partial charge in [-0.1, -0.05) is 12.1 Å². The fourth-order valence-electron chi connectivity index (χ4n) is 2.55. The monoisotopic (exact) mass is 344 g/mol. The average molecular weight is 344 g/mol. The van der Waals surface area contributed by atoms with Crippen LogP contribution in [0.5, 0.6) is 5.75 Å². The number of benzene rings is 1. The number of rotatable bonds is 4. The van der Waals surface area contributed by atoms with Crippen LogP contribution in [0.25, 0.3) is 0 Å². The van der Waals surface area contributed by atoms with E-state index < -0.39 is 11.9 Å². The SMILES string of the molecule is COc1ccc(C2NCCn3cccc32)cc1.O=C(O)/C=C/C(=O)O. The summed E-state index contributed by atoms with van der Waals surface area (Å²) < 4.78 is 7.50. The van der Waals surface area contributed by atoms with Gasteiger partial charge in [-0.15, -0.1) is 0 Å². The van der Waals surface area contributed by atoms with Gasteiger partial charge in [0.2, 0.25) is 0 Å². The Morgan fingerprint density at radius 3 is 2.36 bits per heavy atom. The molecule has 2 heterocycles. The Hall–Kier alpha value is -3.06. The fraction of sp³-hybridized carbons (Fsp3) is 0.222. The lowest BCUT2D eigenvalue weighted by atomic mass is 10.0. The molecular formula is C18H20N2O5. The number of nitrogens with one attached hydrogen (secondary N) is 1. The summed E-state index contributed by atoms with van der Waals surface area (Å²) in [6, 6.07) is 12.9. The Bertz CT molecular complexity index is 733. The summed E-state index contributed by atoms with van der Waals surface area (Å²) in [6.45, 7) is 2.06. The summed E-state index contributed by atoms with van der Waals surface area (Å²) in [6.07, 6.45) is 3.26. The topological polar surface area (TPSA) is 101 Å². The second-order valence-electron chi connectivity index (χ2n) is 5.30. The minimum absolute atomic E-state index is 0.296. The van der Waals surface area contributed by atoms with E-state index in [9.17, 15) is 9.59 Å². The number of fused-ring (bicyclic) bond motifs is 1. The first-order valence-electron chi connectivity index (χ1n) is 7.67. The van der Waals surface area contributed by atoms with E-state index in [0.29, 0.717) is 18.2 Å². The summed E-state index contributed by atoms with van der Waals surface area (Å²) >= 11 is 0. The molecule has 0 fully saturated rings. The van der Waals surface area contributed by atoms with Gasteiger partial charge in [0.1, 0.15) is 5.75 Å². The van der Waals surface area contributed by atoms with Crippen LogP contribution >= 0.6 is 0 Å². The van der Waals surface area contributed by atoms with Crippen molar-refractivity contribution in [1.29, 1.82) is 0 Å². The van der Waals surface area contributed by atoms with Gasteiger partial charge in [-0.05, 0) is 29.8 Å². The predicted octanol–water partition coefficient (Wildman–Crippen LogP) is 1.90. The summed E-state index contributed by atoms with van der Waals surface area (Å²) in [7, 11) is 1.69. The minimum Gasteiger partial charge on any atom is -0.497 e. The molecule has 0 spiro atoms. The van der Waals surface area contributed by atoms with E-state index in [0.717, 1.165) is 18.8 Å². The molecule has 25 heavy (non-hydrogen) atoms. The number of hydrogen-bond acceptors (Lipinski definition) is 4. The van der Waals surface area contributed by atoms with Crippen LogP contribution < -0.4 is 10.1 Å². The van der Waals surface area contributed by atoms with Crippen molar-refractivity contribution in [3.8, 4) is 5.75 Å². The van der Waals surface area contributed by atoms with E-state index in [4.69, 9.17) is 14.9 Å². The third-order valence-electron chi connectivity index (χ3n) is 3.68. The molecular weight excluding hydrogens is 324 g/mol. The second kappa shape index (κ2) is 8.70. The van der Waals surface area contributed by atoms with Crippen molar-refractivity contribution in [2.45, 2.75) is 12.6 Å². The van der Waals surface area contributed by atoms with Gasteiger partial charge in [-0.25, -0.2) is 9.59 Å². The number of carboxylic acid groups (broad SMARTS) is 2. The van der Waals surface area contributed by atoms with E-state index in [-0.39, 0.29) is 0 Å². The Morgan fingerprint density at radius 1 is 1.16 bits per heavy atom. The number of aliphatic carboxylic acids is 2. The molecule has 3 N–H and O–H groups in total. The molecule has 3 rings (SSSR count). The minimum atomic E-state index is -1.26. The summed E-state index contributed by atoms with van der Waals surface area (Å²) in [5.41, 5.74) is 2.62. The lowest BCUT2D eigenvalue weighted by Crippen LogP contribution is -2.33. The van der Waals surface area contributed by atoms with E-state index in [1.54, 1.807) is 7.11 Å². The van der Waals surface area contributed by atoms with Gasteiger partial charge in [-0.3, -0.25) is 0 Å². The third-order valence-corrected chi connectivity index (χ3v) is 3.68. The Kier molecular flexibility index (Phi) is 6.36. The number of carbonyl (C=O) groups is 2. The molecule has 1 aliphatic heterocycles. The van der Waals surface area contributed by atoms with Crippen molar-refractivity contribution in [3.05, 3.63) is 66.0 Å². The third kappa shape index (κ3) is 5.22. The zero-order chi connectivity index (χ0) is 18.2. The van der Waals surface area contributed by atoms with Gasteiger partial charge < -0.3 is 24.8 Å². The standard InChI is InChI=1S/C14H16N2O.C4H4O4/c1-17-12-6-4-11(5-7-12)14-13-3-2-9-16(13)10-8-15-14;5-3(6)1-2-4(7)8/h2-7,9,14-15H,8,10H2,1H3;1-2H,(H,5,6)(H,7,8)/b;2-1+. The van der Waals surface area contributed by atoms with Gasteiger partial charge in [0.05, 0.1) is 13.2 Å². The fourth-order valence-corrected chi connectivity index (χ4v) is 2.55. The number of ether oxygens (including phenoxy) is 1. The maximum atomic E-state index is 9.55. The van der Waals surface area contributed by atoms with E-state index in [2.05, 4.69) is 40.3 Å². The molecule has 0 radical (unpaired) electrons. The predicted molar refractivity (Wildman–Crippen MR) is 91.7 cm³/mol. The number of methoxy groups -OCH3 is 1. The molecule has 7 heteroatoms. The zero-order valence-electron chi connectivity index (χ0n) is 13.8. The largest absolute Gasteiger partial charge is 0.497 e. The summed E-state index contributed by atoms with van der Waals surface area (Å²) in [4.78, 5) is 19.1. The van der Waals surface area contributed by atoms with Crippen LogP contribution in [0.15, 0.2) is 54.7 Å². The van der Waals surface area contributed by atoms with E-state index in [1.165, 1.54) is 11.3 Å². The normalized spacial score (nSPS) is 15.8. The molecule has 1 aliphatic rings. The quantitative estimate of drug-likeness (QED) is 0.733. The van der Waals surface area contributed by atoms with Crippen LogP contribution in [0.2, 0.25) is 0 Å².